The van der Waals surface area contributed by atoms with Crippen LogP contribution in [0.25, 0.3) is 0 Å². The molecular formula is C13H22ClN3. The minimum absolute atomic E-state index is 0.509. The SMILES string of the molecule is CC(C)CC(C)N(C)Cc1nc(N)ccc1Cl. The molecule has 0 fully saturated rings. The molecule has 0 aliphatic heterocycles. The van der Waals surface area contributed by atoms with Gasteiger partial charge in [-0.05, 0) is 38.4 Å². The quantitative estimate of drug-likeness (QED) is 0.879. The summed E-state index contributed by atoms with van der Waals surface area (Å²) in [6.45, 7) is 7.42. The first-order valence-corrected chi connectivity index (χ1v) is 6.39. The smallest absolute Gasteiger partial charge is 0.123 e. The fourth-order valence-electron chi connectivity index (χ4n) is 1.87. The number of nitrogens with two attached hydrogens (primary N) is 1. The van der Waals surface area contributed by atoms with E-state index in [1.807, 2.05) is 0 Å². The molecule has 0 spiro atoms. The maximum absolute atomic E-state index is 6.11. The molecule has 17 heavy (non-hydrogen) atoms. The Morgan fingerprint density at radius 2 is 2.00 bits per heavy atom. The van der Waals surface area contributed by atoms with Crippen molar-refractivity contribution in [2.75, 3.05) is 12.8 Å². The second-order valence-electron chi connectivity index (χ2n) is 5.06. The molecule has 1 heterocycles. The third kappa shape index (κ3) is 4.52. The molecule has 0 bridgehead atoms. The summed E-state index contributed by atoms with van der Waals surface area (Å²) in [5.41, 5.74) is 6.52. The molecule has 3 nitrogen and oxygen atoms in total. The molecule has 1 rings (SSSR count). The molecule has 0 aliphatic rings. The minimum Gasteiger partial charge on any atom is -0.384 e. The summed E-state index contributed by atoms with van der Waals surface area (Å²) in [5.74, 6) is 1.21. The highest BCUT2D eigenvalue weighted by atomic mass is 35.5. The van der Waals surface area contributed by atoms with Crippen LogP contribution in [0.3, 0.4) is 0 Å². The molecule has 0 amide bonds. The second-order valence-corrected chi connectivity index (χ2v) is 5.47. The van der Waals surface area contributed by atoms with Crippen LogP contribution in [-0.4, -0.2) is 23.0 Å². The summed E-state index contributed by atoms with van der Waals surface area (Å²) >= 11 is 6.11. The average molecular weight is 256 g/mol. The van der Waals surface area contributed by atoms with Gasteiger partial charge >= 0.3 is 0 Å². The van der Waals surface area contributed by atoms with Gasteiger partial charge in [-0.15, -0.1) is 0 Å². The number of anilines is 1. The van der Waals surface area contributed by atoms with E-state index in [0.717, 1.165) is 18.7 Å². The van der Waals surface area contributed by atoms with Crippen LogP contribution in [0, 0.1) is 5.92 Å². The van der Waals surface area contributed by atoms with Crippen molar-refractivity contribution >= 4 is 17.4 Å². The number of halogens is 1. The maximum atomic E-state index is 6.11. The summed E-state index contributed by atoms with van der Waals surface area (Å²) in [6, 6.07) is 4.04. The molecule has 2 N–H and O–H groups in total. The van der Waals surface area contributed by atoms with Crippen molar-refractivity contribution in [2.45, 2.75) is 39.8 Å². The van der Waals surface area contributed by atoms with Crippen LogP contribution in [-0.2, 0) is 6.54 Å². The van der Waals surface area contributed by atoms with E-state index < -0.39 is 0 Å². The number of aromatic nitrogens is 1. The largest absolute Gasteiger partial charge is 0.384 e. The van der Waals surface area contributed by atoms with Crippen molar-refractivity contribution < 1.29 is 0 Å². The topological polar surface area (TPSA) is 42.2 Å². The zero-order valence-corrected chi connectivity index (χ0v) is 11.8. The Hall–Kier alpha value is -0.800. The zero-order chi connectivity index (χ0) is 13.0. The van der Waals surface area contributed by atoms with Crippen molar-refractivity contribution in [1.29, 1.82) is 0 Å². The summed E-state index contributed by atoms with van der Waals surface area (Å²) in [7, 11) is 2.09. The third-order valence-electron chi connectivity index (χ3n) is 2.90. The van der Waals surface area contributed by atoms with Crippen molar-refractivity contribution in [3.63, 3.8) is 0 Å². The van der Waals surface area contributed by atoms with Gasteiger partial charge in [-0.1, -0.05) is 25.4 Å². The average Bonchev–Trinajstić information content (AvgIpc) is 2.22. The molecule has 0 radical (unpaired) electrons. The first-order valence-electron chi connectivity index (χ1n) is 6.01. The van der Waals surface area contributed by atoms with Crippen LogP contribution >= 0.6 is 11.6 Å². The fraction of sp³-hybridized carbons (Fsp3) is 0.615. The van der Waals surface area contributed by atoms with E-state index in [1.165, 1.54) is 0 Å². The van der Waals surface area contributed by atoms with Crippen LogP contribution < -0.4 is 5.73 Å². The molecule has 1 atom stereocenters. The minimum atomic E-state index is 0.509. The molecule has 0 saturated heterocycles. The van der Waals surface area contributed by atoms with Gasteiger partial charge in [0.15, 0.2) is 0 Å². The first-order chi connectivity index (χ1) is 7.90. The molecule has 1 aromatic heterocycles. The lowest BCUT2D eigenvalue weighted by atomic mass is 10.0. The lowest BCUT2D eigenvalue weighted by Crippen LogP contribution is -2.30. The molecule has 96 valence electrons. The molecule has 1 unspecified atom stereocenters. The molecule has 1 aromatic rings. The summed E-state index contributed by atoms with van der Waals surface area (Å²) < 4.78 is 0. The van der Waals surface area contributed by atoms with E-state index in [-0.39, 0.29) is 0 Å². The Balaban J connectivity index is 2.67. The fourth-order valence-corrected chi connectivity index (χ4v) is 2.03. The van der Waals surface area contributed by atoms with E-state index in [4.69, 9.17) is 17.3 Å². The van der Waals surface area contributed by atoms with Gasteiger partial charge < -0.3 is 5.73 Å². The van der Waals surface area contributed by atoms with E-state index in [2.05, 4.69) is 37.7 Å². The highest BCUT2D eigenvalue weighted by molar-refractivity contribution is 6.31. The number of pyridine rings is 1. The van der Waals surface area contributed by atoms with Crippen molar-refractivity contribution in [1.82, 2.24) is 9.88 Å². The van der Waals surface area contributed by atoms with Gasteiger partial charge in [-0.3, -0.25) is 4.90 Å². The predicted octanol–water partition coefficient (Wildman–Crippen LogP) is 3.18. The molecule has 4 heteroatoms. The Morgan fingerprint density at radius 1 is 1.35 bits per heavy atom. The van der Waals surface area contributed by atoms with Crippen molar-refractivity contribution in [3.05, 3.63) is 22.8 Å². The van der Waals surface area contributed by atoms with Crippen molar-refractivity contribution in [2.24, 2.45) is 5.92 Å². The molecular weight excluding hydrogens is 234 g/mol. The molecule has 0 aromatic carbocycles. The van der Waals surface area contributed by atoms with Gasteiger partial charge in [0.1, 0.15) is 5.82 Å². The van der Waals surface area contributed by atoms with Gasteiger partial charge in [0.2, 0.25) is 0 Å². The monoisotopic (exact) mass is 255 g/mol. The Morgan fingerprint density at radius 3 is 2.59 bits per heavy atom. The summed E-state index contributed by atoms with van der Waals surface area (Å²) in [4.78, 5) is 6.54. The van der Waals surface area contributed by atoms with E-state index >= 15 is 0 Å². The zero-order valence-electron chi connectivity index (χ0n) is 11.1. The Labute approximate surface area is 109 Å². The third-order valence-corrected chi connectivity index (χ3v) is 3.25. The lowest BCUT2D eigenvalue weighted by Gasteiger charge is -2.26. The highest BCUT2D eigenvalue weighted by Gasteiger charge is 2.13. The number of nitrogen functional groups attached to an aromatic ring is 1. The van der Waals surface area contributed by atoms with Gasteiger partial charge in [0.25, 0.3) is 0 Å². The normalized spacial score (nSPS) is 13.4. The first kappa shape index (κ1) is 14.3. The Kier molecular flexibility index (Phi) is 5.22. The standard InChI is InChI=1S/C13H22ClN3/c1-9(2)7-10(3)17(4)8-12-11(14)5-6-13(15)16-12/h5-6,9-10H,7-8H2,1-4H3,(H2,15,16). The van der Waals surface area contributed by atoms with Gasteiger partial charge in [-0.2, -0.15) is 0 Å². The second kappa shape index (κ2) is 6.22. The van der Waals surface area contributed by atoms with E-state index in [0.29, 0.717) is 22.8 Å². The number of rotatable bonds is 5. The molecule has 0 aliphatic carbocycles. The lowest BCUT2D eigenvalue weighted by molar-refractivity contribution is 0.218. The van der Waals surface area contributed by atoms with E-state index in [9.17, 15) is 0 Å². The number of hydrogen-bond acceptors (Lipinski definition) is 3. The van der Waals surface area contributed by atoms with Crippen LogP contribution in [0.1, 0.15) is 32.9 Å². The number of nitrogens with zero attached hydrogens (tertiary/aromatic N) is 2. The summed E-state index contributed by atoms with van der Waals surface area (Å²) in [5, 5.41) is 0.683. The van der Waals surface area contributed by atoms with Crippen LogP contribution in [0.15, 0.2) is 12.1 Å². The van der Waals surface area contributed by atoms with Gasteiger partial charge in [0, 0.05) is 12.6 Å². The van der Waals surface area contributed by atoms with Crippen LogP contribution in [0.2, 0.25) is 5.02 Å². The molecule has 0 saturated carbocycles. The highest BCUT2D eigenvalue weighted by Crippen LogP contribution is 2.19. The number of hydrogen-bond donors (Lipinski definition) is 1. The Bertz CT molecular complexity index is 366. The van der Waals surface area contributed by atoms with Crippen molar-refractivity contribution in [3.8, 4) is 0 Å². The van der Waals surface area contributed by atoms with Gasteiger partial charge in [-0.25, -0.2) is 4.98 Å². The van der Waals surface area contributed by atoms with Crippen LogP contribution in [0.5, 0.6) is 0 Å². The predicted molar refractivity (Wildman–Crippen MR) is 74.0 cm³/mol. The van der Waals surface area contributed by atoms with Gasteiger partial charge in [0.05, 0.1) is 10.7 Å². The summed E-state index contributed by atoms with van der Waals surface area (Å²) in [6.07, 6.45) is 1.16. The maximum Gasteiger partial charge on any atom is 0.123 e. The van der Waals surface area contributed by atoms with E-state index in [1.54, 1.807) is 12.1 Å². The van der Waals surface area contributed by atoms with Crippen LogP contribution in [0.4, 0.5) is 5.82 Å².